The number of carbonyl (C=O) groups is 4. The van der Waals surface area contributed by atoms with E-state index in [-0.39, 0.29) is 11.8 Å². The Balaban J connectivity index is 2.45. The highest BCUT2D eigenvalue weighted by atomic mass is 16.5. The van der Waals surface area contributed by atoms with E-state index in [0.29, 0.717) is 18.4 Å². The van der Waals surface area contributed by atoms with Gasteiger partial charge in [0.05, 0.1) is 22.3 Å². The summed E-state index contributed by atoms with van der Waals surface area (Å²) in [6.07, 6.45) is 2.11. The Morgan fingerprint density at radius 2 is 1.36 bits per heavy atom. The maximum absolute atomic E-state index is 12.7. The second kappa shape index (κ2) is 8.41. The van der Waals surface area contributed by atoms with Crippen molar-refractivity contribution in [2.45, 2.75) is 46.1 Å². The third-order valence-corrected chi connectivity index (χ3v) is 5.29. The van der Waals surface area contributed by atoms with Crippen molar-refractivity contribution >= 4 is 23.9 Å². The van der Waals surface area contributed by atoms with Gasteiger partial charge < -0.3 is 20.1 Å². The van der Waals surface area contributed by atoms with Gasteiger partial charge >= 0.3 is 23.9 Å². The number of hydrogen-bond acceptors (Lipinski definition) is 5. The van der Waals surface area contributed by atoms with Gasteiger partial charge in [0.25, 0.3) is 0 Å². The summed E-state index contributed by atoms with van der Waals surface area (Å²) in [4.78, 5) is 47.0. The first kappa shape index (κ1) is 21.4. The van der Waals surface area contributed by atoms with E-state index in [1.807, 2.05) is 20.8 Å². The first-order valence-corrected chi connectivity index (χ1v) is 9.11. The fourth-order valence-corrected chi connectivity index (χ4v) is 3.75. The zero-order valence-electron chi connectivity index (χ0n) is 16.0. The molecule has 1 saturated carbocycles. The molecule has 3 N–H and O–H groups in total. The molecule has 8 nitrogen and oxygen atoms in total. The summed E-state index contributed by atoms with van der Waals surface area (Å²) < 4.78 is 5.61. The highest BCUT2D eigenvalue weighted by Crippen LogP contribution is 2.36. The molecule has 2 rings (SSSR count). The molecule has 0 amide bonds. The Bertz CT molecular complexity index is 811. The van der Waals surface area contributed by atoms with Crippen molar-refractivity contribution in [1.29, 1.82) is 0 Å². The van der Waals surface area contributed by atoms with Crippen molar-refractivity contribution < 1.29 is 39.2 Å². The van der Waals surface area contributed by atoms with E-state index in [4.69, 9.17) is 9.84 Å². The van der Waals surface area contributed by atoms with E-state index < -0.39 is 52.2 Å². The fourth-order valence-electron chi connectivity index (χ4n) is 3.75. The van der Waals surface area contributed by atoms with Crippen molar-refractivity contribution in [2.24, 2.45) is 17.8 Å². The predicted octanol–water partition coefficient (Wildman–Crippen LogP) is 3.40. The van der Waals surface area contributed by atoms with Crippen LogP contribution in [0.4, 0.5) is 0 Å². The van der Waals surface area contributed by atoms with E-state index in [1.165, 1.54) is 0 Å². The summed E-state index contributed by atoms with van der Waals surface area (Å²) in [6, 6.07) is 1.46. The molecule has 1 aromatic rings. The maximum atomic E-state index is 12.7. The SMILES string of the molecule is CC(C)[C@@H]1CC[C@@H](C)C[C@H]1OC(=O)c1cc(C(=O)O)c(C(=O)O)cc1C(=O)O. The van der Waals surface area contributed by atoms with E-state index in [2.05, 4.69) is 0 Å². The van der Waals surface area contributed by atoms with Crippen LogP contribution in [0.5, 0.6) is 0 Å². The molecule has 152 valence electrons. The minimum Gasteiger partial charge on any atom is -0.478 e. The third-order valence-electron chi connectivity index (χ3n) is 5.29. The quantitative estimate of drug-likeness (QED) is 0.626. The van der Waals surface area contributed by atoms with Gasteiger partial charge in [-0.1, -0.05) is 27.2 Å². The maximum Gasteiger partial charge on any atom is 0.339 e. The lowest BCUT2D eigenvalue weighted by atomic mass is 9.75. The number of carboxylic acid groups (broad SMARTS) is 3. The van der Waals surface area contributed by atoms with E-state index in [0.717, 1.165) is 18.9 Å². The molecule has 1 aromatic carbocycles. The van der Waals surface area contributed by atoms with E-state index in [1.54, 1.807) is 0 Å². The molecule has 1 aliphatic rings. The lowest BCUT2D eigenvalue weighted by molar-refractivity contribution is -0.0176. The van der Waals surface area contributed by atoms with Gasteiger partial charge in [-0.2, -0.15) is 0 Å². The normalized spacial score (nSPS) is 21.9. The van der Waals surface area contributed by atoms with Gasteiger partial charge in [-0.05, 0) is 42.7 Å². The minimum absolute atomic E-state index is 0.116. The molecule has 8 heteroatoms. The first-order chi connectivity index (χ1) is 13.0. The smallest absolute Gasteiger partial charge is 0.339 e. The van der Waals surface area contributed by atoms with Gasteiger partial charge in [0.15, 0.2) is 0 Å². The monoisotopic (exact) mass is 392 g/mol. The van der Waals surface area contributed by atoms with Crippen LogP contribution in [0.2, 0.25) is 0 Å². The number of aromatic carboxylic acids is 3. The summed E-state index contributed by atoms with van der Waals surface area (Å²) in [7, 11) is 0. The van der Waals surface area contributed by atoms with E-state index in [9.17, 15) is 29.4 Å². The molecule has 3 atom stereocenters. The number of hydrogen-bond donors (Lipinski definition) is 3. The molecule has 0 spiro atoms. The summed E-state index contributed by atoms with van der Waals surface area (Å²) in [6.45, 7) is 6.09. The molecule has 0 heterocycles. The first-order valence-electron chi connectivity index (χ1n) is 9.11. The highest BCUT2D eigenvalue weighted by Gasteiger charge is 2.35. The van der Waals surface area contributed by atoms with E-state index >= 15 is 0 Å². The van der Waals surface area contributed by atoms with Gasteiger partial charge in [0, 0.05) is 0 Å². The number of ether oxygens (including phenoxy) is 1. The minimum atomic E-state index is -1.60. The van der Waals surface area contributed by atoms with Crippen LogP contribution in [0, 0.1) is 17.8 Å². The van der Waals surface area contributed by atoms with Gasteiger partial charge in [-0.25, -0.2) is 19.2 Å². The fraction of sp³-hybridized carbons (Fsp3) is 0.500. The second-order valence-corrected chi connectivity index (χ2v) is 7.63. The lowest BCUT2D eigenvalue weighted by Gasteiger charge is -2.36. The molecule has 0 unspecified atom stereocenters. The van der Waals surface area contributed by atoms with Gasteiger partial charge in [0.2, 0.25) is 0 Å². The summed E-state index contributed by atoms with van der Waals surface area (Å²) in [5, 5.41) is 27.8. The zero-order valence-corrected chi connectivity index (χ0v) is 16.0. The number of rotatable bonds is 6. The molecule has 1 aliphatic carbocycles. The third kappa shape index (κ3) is 4.49. The van der Waals surface area contributed by atoms with Crippen LogP contribution in [0.15, 0.2) is 12.1 Å². The van der Waals surface area contributed by atoms with Crippen LogP contribution in [0.25, 0.3) is 0 Å². The van der Waals surface area contributed by atoms with Crippen molar-refractivity contribution in [1.82, 2.24) is 0 Å². The molecule has 1 fully saturated rings. The topological polar surface area (TPSA) is 138 Å². The van der Waals surface area contributed by atoms with Gasteiger partial charge in [0.1, 0.15) is 6.10 Å². The Morgan fingerprint density at radius 1 is 0.893 bits per heavy atom. The summed E-state index contributed by atoms with van der Waals surface area (Å²) in [5.41, 5.74) is -2.43. The molecule has 0 radical (unpaired) electrons. The second-order valence-electron chi connectivity index (χ2n) is 7.63. The molecule has 0 bridgehead atoms. The Kier molecular flexibility index (Phi) is 6.43. The number of benzene rings is 1. The van der Waals surface area contributed by atoms with Crippen LogP contribution < -0.4 is 0 Å². The highest BCUT2D eigenvalue weighted by molar-refractivity contribution is 6.09. The van der Waals surface area contributed by atoms with Crippen molar-refractivity contribution in [3.63, 3.8) is 0 Å². The Labute approximate surface area is 162 Å². The average Bonchev–Trinajstić information content (AvgIpc) is 2.59. The van der Waals surface area contributed by atoms with Crippen LogP contribution >= 0.6 is 0 Å². The van der Waals surface area contributed by atoms with Crippen molar-refractivity contribution in [2.75, 3.05) is 0 Å². The van der Waals surface area contributed by atoms with Crippen LogP contribution in [0.1, 0.15) is 81.5 Å². The van der Waals surface area contributed by atoms with Gasteiger partial charge in [-0.15, -0.1) is 0 Å². The number of esters is 1. The van der Waals surface area contributed by atoms with Crippen LogP contribution in [-0.2, 0) is 4.74 Å². The standard InChI is InChI=1S/C20H24O8/c1-9(2)11-5-4-10(3)6-16(11)28-20(27)15-8-13(18(23)24)12(17(21)22)7-14(15)19(25)26/h7-11,16H,4-6H2,1-3H3,(H,21,22)(H,23,24)(H,25,26)/t10-,11+,16-/m1/s1. The Hall–Kier alpha value is -2.90. The molecule has 0 aromatic heterocycles. The summed E-state index contributed by atoms with van der Waals surface area (Å²) in [5.74, 6) is -4.95. The molecule has 28 heavy (non-hydrogen) atoms. The average molecular weight is 392 g/mol. The van der Waals surface area contributed by atoms with Gasteiger partial charge in [-0.3, -0.25) is 0 Å². The Morgan fingerprint density at radius 3 is 1.82 bits per heavy atom. The van der Waals surface area contributed by atoms with Crippen molar-refractivity contribution in [3.8, 4) is 0 Å². The van der Waals surface area contributed by atoms with Crippen LogP contribution in [0.3, 0.4) is 0 Å². The largest absolute Gasteiger partial charge is 0.478 e. The molecule has 0 aliphatic heterocycles. The number of carbonyl (C=O) groups excluding carboxylic acids is 1. The molecule has 0 saturated heterocycles. The predicted molar refractivity (Wildman–Crippen MR) is 97.9 cm³/mol. The molecular weight excluding hydrogens is 368 g/mol. The zero-order chi connectivity index (χ0) is 21.2. The van der Waals surface area contributed by atoms with Crippen LogP contribution in [-0.4, -0.2) is 45.3 Å². The van der Waals surface area contributed by atoms with Crippen molar-refractivity contribution in [3.05, 3.63) is 34.4 Å². The summed E-state index contributed by atoms with van der Waals surface area (Å²) >= 11 is 0. The molecular formula is C20H24O8. The number of carboxylic acids is 3. The lowest BCUT2D eigenvalue weighted by Crippen LogP contribution is -2.36.